The van der Waals surface area contributed by atoms with Crippen LogP contribution >= 0.6 is 0 Å². The molecule has 0 bridgehead atoms. The van der Waals surface area contributed by atoms with Gasteiger partial charge >= 0.3 is 0 Å². The van der Waals surface area contributed by atoms with Gasteiger partial charge in [0.05, 0.1) is 0 Å². The van der Waals surface area contributed by atoms with Crippen molar-refractivity contribution < 1.29 is 4.43 Å². The van der Waals surface area contributed by atoms with Gasteiger partial charge in [0.1, 0.15) is 0 Å². The molecule has 1 saturated carbocycles. The molecular weight excluding hydrogens is 152 g/mol. The van der Waals surface area contributed by atoms with Gasteiger partial charge in [-0.25, -0.2) is 0 Å². The van der Waals surface area contributed by atoms with E-state index in [1.807, 2.05) is 12.8 Å². The highest BCUT2D eigenvalue weighted by Gasteiger charge is 2.21. The molecule has 1 fully saturated rings. The van der Waals surface area contributed by atoms with Gasteiger partial charge in [-0.1, -0.05) is 0 Å². The number of hydrogen-bond acceptors (Lipinski definition) is 1. The predicted molar refractivity (Wildman–Crippen MR) is 49.7 cm³/mol. The van der Waals surface area contributed by atoms with E-state index in [4.69, 9.17) is 4.43 Å². The van der Waals surface area contributed by atoms with Gasteiger partial charge in [-0.3, -0.25) is 0 Å². The van der Waals surface area contributed by atoms with Crippen LogP contribution in [0.1, 0.15) is 0 Å². The Hall–Kier alpha value is 0.177. The number of hydrogen-bond donors (Lipinski definition) is 0. The molecule has 0 saturated heterocycles. The molecule has 0 N–H and O–H groups in total. The van der Waals surface area contributed by atoms with Crippen molar-refractivity contribution in [3.05, 3.63) is 31.6 Å². The molecule has 0 spiro atoms. The molecule has 1 aliphatic rings. The van der Waals surface area contributed by atoms with Gasteiger partial charge in [-0.15, -0.1) is 0 Å². The standard InChI is InChI=1S/C9H15OSi/c1-11(2,3)10-8-9-6-4-5-7-9/h4-7H,8H2,1-3H3. The first-order valence-corrected chi connectivity index (χ1v) is 7.33. The van der Waals surface area contributed by atoms with Crippen LogP contribution in [0, 0.1) is 31.6 Å². The van der Waals surface area contributed by atoms with Crippen LogP contribution in [-0.4, -0.2) is 14.9 Å². The molecular formula is C9H15OSi. The molecule has 0 aromatic heterocycles. The summed E-state index contributed by atoms with van der Waals surface area (Å²) in [5.41, 5.74) is 0. The Labute approximate surface area is 71.3 Å². The Morgan fingerprint density at radius 1 is 1.18 bits per heavy atom. The average Bonchev–Trinajstić information content (AvgIpc) is 2.32. The largest absolute Gasteiger partial charge is 0.417 e. The molecule has 5 radical (unpaired) electrons. The Balaban J connectivity index is 2.11. The van der Waals surface area contributed by atoms with Crippen LogP contribution < -0.4 is 0 Å². The molecule has 0 atom stereocenters. The van der Waals surface area contributed by atoms with Gasteiger partial charge < -0.3 is 4.43 Å². The Morgan fingerprint density at radius 3 is 2.18 bits per heavy atom. The fourth-order valence-corrected chi connectivity index (χ4v) is 1.41. The van der Waals surface area contributed by atoms with Crippen LogP contribution in [0.15, 0.2) is 0 Å². The van der Waals surface area contributed by atoms with Crippen molar-refractivity contribution in [3.8, 4) is 0 Å². The topological polar surface area (TPSA) is 9.23 Å². The third-order valence-electron chi connectivity index (χ3n) is 1.40. The maximum atomic E-state index is 5.71. The fourth-order valence-electron chi connectivity index (χ4n) is 0.810. The Morgan fingerprint density at radius 2 is 1.73 bits per heavy atom. The van der Waals surface area contributed by atoms with E-state index < -0.39 is 8.32 Å². The van der Waals surface area contributed by atoms with E-state index in [1.165, 1.54) is 5.92 Å². The van der Waals surface area contributed by atoms with E-state index in [1.54, 1.807) is 0 Å². The lowest BCUT2D eigenvalue weighted by molar-refractivity contribution is 0.334. The SMILES string of the molecule is C[Si](C)(C)OC[C]1[CH][CH][CH][CH]1. The maximum Gasteiger partial charge on any atom is 0.183 e. The second kappa shape index (κ2) is 3.72. The van der Waals surface area contributed by atoms with Crippen molar-refractivity contribution >= 4 is 8.32 Å². The van der Waals surface area contributed by atoms with Gasteiger partial charge in [-0.2, -0.15) is 0 Å². The smallest absolute Gasteiger partial charge is 0.183 e. The van der Waals surface area contributed by atoms with Crippen LogP contribution in [0.2, 0.25) is 19.6 Å². The van der Waals surface area contributed by atoms with Gasteiger partial charge in [0, 0.05) is 12.5 Å². The molecule has 11 heavy (non-hydrogen) atoms. The third-order valence-corrected chi connectivity index (χ3v) is 2.41. The zero-order valence-electron chi connectivity index (χ0n) is 7.42. The van der Waals surface area contributed by atoms with E-state index >= 15 is 0 Å². The summed E-state index contributed by atoms with van der Waals surface area (Å²) < 4.78 is 5.71. The normalized spacial score (nSPS) is 21.0. The molecule has 0 aromatic carbocycles. The molecule has 0 aromatic rings. The average molecular weight is 167 g/mol. The Kier molecular flexibility index (Phi) is 3.13. The summed E-state index contributed by atoms with van der Waals surface area (Å²) in [6.45, 7) is 7.39. The summed E-state index contributed by atoms with van der Waals surface area (Å²) in [6.07, 6.45) is 8.28. The highest BCUT2D eigenvalue weighted by molar-refractivity contribution is 6.69. The monoisotopic (exact) mass is 167 g/mol. The van der Waals surface area contributed by atoms with Crippen LogP contribution in [0.4, 0.5) is 0 Å². The summed E-state index contributed by atoms with van der Waals surface area (Å²) in [6, 6.07) is 0. The second-order valence-electron chi connectivity index (χ2n) is 3.69. The quantitative estimate of drug-likeness (QED) is 0.586. The number of rotatable bonds is 3. The predicted octanol–water partition coefficient (Wildman–Crippen LogP) is 2.24. The van der Waals surface area contributed by atoms with Crippen LogP contribution in [0.3, 0.4) is 0 Å². The molecule has 0 unspecified atom stereocenters. The molecule has 61 valence electrons. The second-order valence-corrected chi connectivity index (χ2v) is 8.21. The minimum absolute atomic E-state index is 0.780. The maximum absolute atomic E-state index is 5.71. The van der Waals surface area contributed by atoms with Gasteiger partial charge in [0.2, 0.25) is 0 Å². The van der Waals surface area contributed by atoms with E-state index in [-0.39, 0.29) is 0 Å². The van der Waals surface area contributed by atoms with Crippen molar-refractivity contribution in [2.75, 3.05) is 6.61 Å². The highest BCUT2D eigenvalue weighted by Crippen LogP contribution is 2.23. The first-order valence-electron chi connectivity index (χ1n) is 3.92. The lowest BCUT2D eigenvalue weighted by atomic mass is 10.1. The van der Waals surface area contributed by atoms with Crippen molar-refractivity contribution in [2.45, 2.75) is 19.6 Å². The van der Waals surface area contributed by atoms with Crippen molar-refractivity contribution in [1.82, 2.24) is 0 Å². The molecule has 1 rings (SSSR count). The van der Waals surface area contributed by atoms with Crippen LogP contribution in [0.25, 0.3) is 0 Å². The third kappa shape index (κ3) is 3.92. The van der Waals surface area contributed by atoms with E-state index in [9.17, 15) is 0 Å². The minimum atomic E-state index is -1.31. The molecule has 1 nitrogen and oxygen atoms in total. The lowest BCUT2D eigenvalue weighted by Crippen LogP contribution is -2.27. The van der Waals surface area contributed by atoms with E-state index in [2.05, 4.69) is 32.5 Å². The van der Waals surface area contributed by atoms with Gasteiger partial charge in [0.25, 0.3) is 0 Å². The summed E-state index contributed by atoms with van der Waals surface area (Å²) in [5, 5.41) is 0. The lowest BCUT2D eigenvalue weighted by Gasteiger charge is -2.19. The Bertz CT molecular complexity index is 111. The van der Waals surface area contributed by atoms with E-state index in [0.717, 1.165) is 6.61 Å². The molecule has 0 amide bonds. The highest BCUT2D eigenvalue weighted by atomic mass is 28.4. The van der Waals surface area contributed by atoms with E-state index in [0.29, 0.717) is 0 Å². The first kappa shape index (κ1) is 9.27. The van der Waals surface area contributed by atoms with Crippen molar-refractivity contribution in [1.29, 1.82) is 0 Å². The molecule has 1 aliphatic carbocycles. The zero-order valence-corrected chi connectivity index (χ0v) is 8.42. The van der Waals surface area contributed by atoms with Crippen molar-refractivity contribution in [2.24, 2.45) is 0 Å². The zero-order chi connectivity index (χ0) is 8.32. The van der Waals surface area contributed by atoms with Gasteiger partial charge in [-0.05, 0) is 45.3 Å². The van der Waals surface area contributed by atoms with Crippen LogP contribution in [0.5, 0.6) is 0 Å². The molecule has 0 heterocycles. The summed E-state index contributed by atoms with van der Waals surface area (Å²) in [4.78, 5) is 0. The summed E-state index contributed by atoms with van der Waals surface area (Å²) >= 11 is 0. The minimum Gasteiger partial charge on any atom is -0.417 e. The van der Waals surface area contributed by atoms with Gasteiger partial charge in [0.15, 0.2) is 8.32 Å². The van der Waals surface area contributed by atoms with Crippen LogP contribution in [-0.2, 0) is 4.43 Å². The molecule has 0 aliphatic heterocycles. The summed E-state index contributed by atoms with van der Waals surface area (Å²) in [7, 11) is -1.31. The fraction of sp³-hybridized carbons (Fsp3) is 0.444. The summed E-state index contributed by atoms with van der Waals surface area (Å²) in [5.74, 6) is 1.28. The molecule has 2 heteroatoms. The van der Waals surface area contributed by atoms with Crippen molar-refractivity contribution in [3.63, 3.8) is 0 Å². The first-order chi connectivity index (χ1) is 5.08.